The number of nitrogens with zero attached hydrogens (tertiary/aromatic N) is 1. The van der Waals surface area contributed by atoms with Gasteiger partial charge in [-0.1, -0.05) is 19.9 Å². The molecule has 31 heavy (non-hydrogen) atoms. The molecule has 2 aromatic rings. The number of hydrogen-bond acceptors (Lipinski definition) is 6. The Hall–Kier alpha value is -2.23. The summed E-state index contributed by atoms with van der Waals surface area (Å²) >= 11 is 1.39. The molecule has 1 atom stereocenters. The Bertz CT molecular complexity index is 1050. The van der Waals surface area contributed by atoms with E-state index in [1.807, 2.05) is 18.2 Å². The number of aryl methyl sites for hydroxylation is 1. The van der Waals surface area contributed by atoms with E-state index in [0.717, 1.165) is 4.90 Å². The monoisotopic (exact) mass is 464 g/mol. The van der Waals surface area contributed by atoms with Gasteiger partial charge in [-0.2, -0.15) is 4.31 Å². The number of carbonyl (C=O) groups excluding carboxylic acids is 1. The second-order valence-electron chi connectivity index (χ2n) is 7.12. The van der Waals surface area contributed by atoms with Crippen LogP contribution in [-0.4, -0.2) is 50.2 Å². The lowest BCUT2D eigenvalue weighted by molar-refractivity contribution is -0.115. The number of hydrogen-bond donors (Lipinski definition) is 1. The van der Waals surface area contributed by atoms with E-state index in [9.17, 15) is 13.2 Å². The van der Waals surface area contributed by atoms with E-state index in [1.165, 1.54) is 22.1 Å². The highest BCUT2D eigenvalue weighted by atomic mass is 32.2. The van der Waals surface area contributed by atoms with Crippen LogP contribution in [0.4, 0.5) is 5.69 Å². The zero-order valence-corrected chi connectivity index (χ0v) is 19.8. The zero-order valence-electron chi connectivity index (χ0n) is 18.2. The number of nitrogens with one attached hydrogen (secondary N) is 1. The summed E-state index contributed by atoms with van der Waals surface area (Å²) in [5, 5.41) is 2.44. The van der Waals surface area contributed by atoms with Gasteiger partial charge in [0.05, 0.1) is 10.1 Å². The highest BCUT2D eigenvalue weighted by Gasteiger charge is 2.24. The highest BCUT2D eigenvalue weighted by Crippen LogP contribution is 2.35. The number of amides is 1. The Kier molecular flexibility index (Phi) is 7.51. The minimum atomic E-state index is -3.62. The van der Waals surface area contributed by atoms with Crippen LogP contribution in [0.2, 0.25) is 0 Å². The Morgan fingerprint density at radius 1 is 1.10 bits per heavy atom. The SMILES string of the molecule is CCN(CC)S(=O)(=O)c1cc(NC(=O)[C@@H](C)Sc2ccc3c(c2)OCCO3)ccc1C. The van der Waals surface area contributed by atoms with Crippen LogP contribution in [0.15, 0.2) is 46.2 Å². The second-order valence-corrected chi connectivity index (χ2v) is 10.4. The first kappa shape index (κ1) is 23.4. The molecule has 1 N–H and O–H groups in total. The van der Waals surface area contributed by atoms with Crippen molar-refractivity contribution in [1.82, 2.24) is 4.31 Å². The molecule has 7 nitrogen and oxygen atoms in total. The first-order valence-electron chi connectivity index (χ1n) is 10.2. The smallest absolute Gasteiger partial charge is 0.243 e. The lowest BCUT2D eigenvalue weighted by atomic mass is 10.2. The average molecular weight is 465 g/mol. The van der Waals surface area contributed by atoms with Gasteiger partial charge >= 0.3 is 0 Å². The van der Waals surface area contributed by atoms with Crippen LogP contribution in [0.5, 0.6) is 11.5 Å². The van der Waals surface area contributed by atoms with E-state index in [4.69, 9.17) is 9.47 Å². The normalized spacial score (nSPS) is 14.4. The van der Waals surface area contributed by atoms with Crippen molar-refractivity contribution in [3.8, 4) is 11.5 Å². The van der Waals surface area contributed by atoms with Crippen molar-refractivity contribution in [3.63, 3.8) is 0 Å². The zero-order chi connectivity index (χ0) is 22.6. The second kappa shape index (κ2) is 9.93. The molecule has 2 aromatic carbocycles. The molecule has 1 aliphatic rings. The molecule has 0 aliphatic carbocycles. The molecule has 0 fully saturated rings. The van der Waals surface area contributed by atoms with E-state index >= 15 is 0 Å². The maximum atomic E-state index is 12.9. The molecule has 1 amide bonds. The third-order valence-electron chi connectivity index (χ3n) is 4.97. The van der Waals surface area contributed by atoms with Crippen LogP contribution in [0.1, 0.15) is 26.3 Å². The van der Waals surface area contributed by atoms with Gasteiger partial charge in [0, 0.05) is 23.7 Å². The summed E-state index contributed by atoms with van der Waals surface area (Å²) in [7, 11) is -3.62. The van der Waals surface area contributed by atoms with Crippen LogP contribution in [-0.2, 0) is 14.8 Å². The molecule has 1 aliphatic heterocycles. The maximum Gasteiger partial charge on any atom is 0.243 e. The quantitative estimate of drug-likeness (QED) is 0.596. The van der Waals surface area contributed by atoms with E-state index in [0.29, 0.717) is 49.1 Å². The van der Waals surface area contributed by atoms with Gasteiger partial charge in [0.25, 0.3) is 0 Å². The summed E-state index contributed by atoms with van der Waals surface area (Å²) in [5.41, 5.74) is 1.10. The predicted molar refractivity (Wildman–Crippen MR) is 123 cm³/mol. The fourth-order valence-corrected chi connectivity index (χ4v) is 5.86. The third kappa shape index (κ3) is 5.34. The van der Waals surface area contributed by atoms with Crippen LogP contribution in [0.25, 0.3) is 0 Å². The van der Waals surface area contributed by atoms with Gasteiger partial charge in [0.2, 0.25) is 15.9 Å². The van der Waals surface area contributed by atoms with E-state index in [2.05, 4.69) is 5.32 Å². The molecular weight excluding hydrogens is 436 g/mol. The fourth-order valence-electron chi connectivity index (χ4n) is 3.26. The van der Waals surface area contributed by atoms with Crippen LogP contribution >= 0.6 is 11.8 Å². The Labute approximate surface area is 188 Å². The number of carbonyl (C=O) groups is 1. The van der Waals surface area contributed by atoms with Crippen molar-refractivity contribution in [1.29, 1.82) is 0 Å². The minimum Gasteiger partial charge on any atom is -0.486 e. The molecule has 0 radical (unpaired) electrons. The summed E-state index contributed by atoms with van der Waals surface area (Å²) in [6, 6.07) is 10.6. The topological polar surface area (TPSA) is 84.9 Å². The summed E-state index contributed by atoms with van der Waals surface area (Å²) in [4.78, 5) is 13.8. The van der Waals surface area contributed by atoms with E-state index in [-0.39, 0.29) is 10.8 Å². The third-order valence-corrected chi connectivity index (χ3v) is 8.26. The molecule has 9 heteroatoms. The van der Waals surface area contributed by atoms with Gasteiger partial charge in [-0.25, -0.2) is 8.42 Å². The fraction of sp³-hybridized carbons (Fsp3) is 0.409. The summed E-state index contributed by atoms with van der Waals surface area (Å²) in [6.07, 6.45) is 0. The van der Waals surface area contributed by atoms with Gasteiger partial charge < -0.3 is 14.8 Å². The van der Waals surface area contributed by atoms with Gasteiger partial charge in [0.1, 0.15) is 13.2 Å². The van der Waals surface area contributed by atoms with Crippen LogP contribution in [0, 0.1) is 6.92 Å². The molecule has 0 bridgehead atoms. The molecule has 1 heterocycles. The van der Waals surface area contributed by atoms with Gasteiger partial charge in [-0.15, -0.1) is 11.8 Å². The number of sulfonamides is 1. The van der Waals surface area contributed by atoms with E-state index in [1.54, 1.807) is 39.8 Å². The largest absolute Gasteiger partial charge is 0.486 e. The lowest BCUT2D eigenvalue weighted by Crippen LogP contribution is -2.31. The number of anilines is 1. The van der Waals surface area contributed by atoms with Crippen molar-refractivity contribution in [2.24, 2.45) is 0 Å². The molecule has 0 spiro atoms. The molecule has 0 saturated heterocycles. The number of rotatable bonds is 8. The molecule has 3 rings (SSSR count). The number of ether oxygens (including phenoxy) is 2. The van der Waals surface area contributed by atoms with Crippen molar-refractivity contribution in [2.75, 3.05) is 31.6 Å². The standard InChI is InChI=1S/C22H28N2O5S2/c1-5-24(6-2)31(26,27)21-13-17(8-7-15(21)3)23-22(25)16(4)30-18-9-10-19-20(14-18)29-12-11-28-19/h7-10,13-14,16H,5-6,11-12H2,1-4H3,(H,23,25)/t16-/m1/s1. The Balaban J connectivity index is 1.73. The van der Waals surface area contributed by atoms with Gasteiger partial charge in [-0.3, -0.25) is 4.79 Å². The molecule has 168 valence electrons. The van der Waals surface area contributed by atoms with Gasteiger partial charge in [0.15, 0.2) is 11.5 Å². The van der Waals surface area contributed by atoms with Crippen LogP contribution < -0.4 is 14.8 Å². The van der Waals surface area contributed by atoms with Crippen molar-refractivity contribution < 1.29 is 22.7 Å². The van der Waals surface area contributed by atoms with E-state index < -0.39 is 15.3 Å². The minimum absolute atomic E-state index is 0.209. The average Bonchev–Trinajstić information content (AvgIpc) is 2.75. The van der Waals surface area contributed by atoms with Crippen molar-refractivity contribution in [3.05, 3.63) is 42.0 Å². The van der Waals surface area contributed by atoms with Crippen molar-refractivity contribution in [2.45, 2.75) is 42.7 Å². The first-order chi connectivity index (χ1) is 14.8. The van der Waals surface area contributed by atoms with Gasteiger partial charge in [-0.05, 0) is 49.7 Å². The molecule has 0 unspecified atom stereocenters. The maximum absolute atomic E-state index is 12.9. The summed E-state index contributed by atoms with van der Waals surface area (Å²) < 4.78 is 38.4. The number of fused-ring (bicyclic) bond motifs is 1. The number of thioether (sulfide) groups is 1. The van der Waals surface area contributed by atoms with Crippen LogP contribution in [0.3, 0.4) is 0 Å². The first-order valence-corrected chi connectivity index (χ1v) is 12.6. The number of benzene rings is 2. The lowest BCUT2D eigenvalue weighted by Gasteiger charge is -2.21. The van der Waals surface area contributed by atoms with Crippen molar-refractivity contribution >= 4 is 33.4 Å². The molecule has 0 aromatic heterocycles. The molecule has 0 saturated carbocycles. The highest BCUT2D eigenvalue weighted by molar-refractivity contribution is 8.00. The predicted octanol–water partition coefficient (Wildman–Crippen LogP) is 3.92. The Morgan fingerprint density at radius 3 is 2.45 bits per heavy atom. The summed E-state index contributed by atoms with van der Waals surface area (Å²) in [5.74, 6) is 1.16. The Morgan fingerprint density at radius 2 is 1.77 bits per heavy atom. The summed E-state index contributed by atoms with van der Waals surface area (Å²) in [6.45, 7) is 8.97. The molecular formula is C22H28N2O5S2.